The Morgan fingerprint density at radius 1 is 1.12 bits per heavy atom. The van der Waals surface area contributed by atoms with Crippen LogP contribution >= 0.6 is 23.2 Å². The number of nitrogens with one attached hydrogen (secondary N) is 1. The van der Waals surface area contributed by atoms with Gasteiger partial charge >= 0.3 is 0 Å². The summed E-state index contributed by atoms with van der Waals surface area (Å²) in [6, 6.07) is 12.2. The van der Waals surface area contributed by atoms with Crippen molar-refractivity contribution in [3.63, 3.8) is 0 Å². The Bertz CT molecular complexity index is 745. The predicted octanol–water partition coefficient (Wildman–Crippen LogP) is 3.46. The van der Waals surface area contributed by atoms with E-state index in [0.29, 0.717) is 21.3 Å². The minimum Gasteiger partial charge on any atom is -0.332 e. The van der Waals surface area contributed by atoms with E-state index in [2.05, 4.69) is 5.32 Å². The average molecular weight is 366 g/mol. The number of rotatable bonds is 6. The van der Waals surface area contributed by atoms with Crippen molar-refractivity contribution < 1.29 is 14.9 Å². The Labute approximate surface area is 151 Å². The molecule has 2 aromatic carbocycles. The minimum atomic E-state index is -0.123. The third kappa shape index (κ3) is 5.06. The number of hydrogen-bond donors (Lipinski definition) is 2. The maximum absolute atomic E-state index is 12.0. The van der Waals surface area contributed by atoms with Crippen molar-refractivity contribution in [3.05, 3.63) is 63.6 Å². The van der Waals surface area contributed by atoms with Gasteiger partial charge in [0.15, 0.2) is 12.3 Å². The monoisotopic (exact) mass is 365 g/mol. The second-order valence-corrected chi connectivity index (χ2v) is 6.42. The van der Waals surface area contributed by atoms with Crippen LogP contribution in [-0.2, 0) is 4.79 Å². The van der Waals surface area contributed by atoms with Crippen molar-refractivity contribution in [2.45, 2.75) is 19.9 Å². The molecule has 0 aromatic heterocycles. The van der Waals surface area contributed by atoms with Gasteiger partial charge in [-0.15, -0.1) is 0 Å². The fraction of sp³-hybridized carbons (Fsp3) is 0.222. The number of halogens is 2. The smallest absolute Gasteiger partial charge is 0.279 e. The summed E-state index contributed by atoms with van der Waals surface area (Å²) in [4.78, 5) is 23.3. The van der Waals surface area contributed by atoms with Gasteiger partial charge in [0.1, 0.15) is 6.04 Å². The molecule has 1 amide bonds. The molecule has 0 unspecified atom stereocenters. The fourth-order valence-electron chi connectivity index (χ4n) is 2.28. The summed E-state index contributed by atoms with van der Waals surface area (Å²) in [7, 11) is 0. The van der Waals surface area contributed by atoms with E-state index in [9.17, 15) is 9.59 Å². The largest absolute Gasteiger partial charge is 0.332 e. The number of nitrogens with two attached hydrogens (primary N) is 1. The van der Waals surface area contributed by atoms with Gasteiger partial charge < -0.3 is 10.6 Å². The molecule has 0 radical (unpaired) electrons. The van der Waals surface area contributed by atoms with Gasteiger partial charge in [-0.3, -0.25) is 9.59 Å². The zero-order valence-corrected chi connectivity index (χ0v) is 15.0. The van der Waals surface area contributed by atoms with E-state index in [4.69, 9.17) is 23.2 Å². The molecule has 0 spiro atoms. The van der Waals surface area contributed by atoms with Crippen molar-refractivity contribution in [1.29, 1.82) is 0 Å². The molecule has 0 aliphatic rings. The summed E-state index contributed by atoms with van der Waals surface area (Å²) in [5.41, 5.74) is 2.21. The molecule has 2 aromatic rings. The summed E-state index contributed by atoms with van der Waals surface area (Å²) >= 11 is 12.1. The number of quaternary nitrogens is 1. The Kier molecular flexibility index (Phi) is 6.37. The molecule has 6 heteroatoms. The van der Waals surface area contributed by atoms with Gasteiger partial charge in [0, 0.05) is 21.8 Å². The number of Topliss-reactive ketones (excluding diaryl/α,β-unsaturated/α-hetero) is 1. The van der Waals surface area contributed by atoms with Gasteiger partial charge in [0.2, 0.25) is 0 Å². The zero-order valence-electron chi connectivity index (χ0n) is 13.5. The number of carbonyl (C=O) groups excluding carboxylic acids is 2. The summed E-state index contributed by atoms with van der Waals surface area (Å²) in [5.74, 6) is -0.127. The van der Waals surface area contributed by atoms with Gasteiger partial charge in [-0.25, -0.2) is 0 Å². The molecule has 1 atom stereocenters. The van der Waals surface area contributed by atoms with Crippen LogP contribution in [0.2, 0.25) is 10.0 Å². The second-order valence-electron chi connectivity index (χ2n) is 5.58. The van der Waals surface area contributed by atoms with Crippen LogP contribution < -0.4 is 10.6 Å². The Balaban J connectivity index is 1.89. The first-order chi connectivity index (χ1) is 11.4. The molecule has 0 heterocycles. The van der Waals surface area contributed by atoms with E-state index in [-0.39, 0.29) is 24.3 Å². The summed E-state index contributed by atoms with van der Waals surface area (Å²) < 4.78 is 0. The van der Waals surface area contributed by atoms with Crippen LogP contribution in [0, 0.1) is 0 Å². The standard InChI is InChI=1S/C18H18Cl2N2O2/c1-11(16-8-5-14(19)9-17(16)20)21-10-18(24)22-15-6-3-13(4-7-15)12(2)23/h3-9,11,21H,10H2,1-2H3,(H,22,24)/p+1/t11-/m0/s1. The highest BCUT2D eigenvalue weighted by atomic mass is 35.5. The molecule has 2 rings (SSSR count). The third-order valence-electron chi connectivity index (χ3n) is 3.69. The summed E-state index contributed by atoms with van der Waals surface area (Å²) in [6.45, 7) is 3.74. The van der Waals surface area contributed by atoms with E-state index in [1.807, 2.05) is 18.3 Å². The van der Waals surface area contributed by atoms with E-state index in [1.165, 1.54) is 6.92 Å². The van der Waals surface area contributed by atoms with Crippen LogP contribution in [-0.4, -0.2) is 18.2 Å². The molecule has 126 valence electrons. The molecule has 4 nitrogen and oxygen atoms in total. The first kappa shape index (κ1) is 18.5. The fourth-order valence-corrected chi connectivity index (χ4v) is 2.86. The molecule has 0 saturated heterocycles. The average Bonchev–Trinajstić information content (AvgIpc) is 2.53. The lowest BCUT2D eigenvalue weighted by atomic mass is 10.1. The Hall–Kier alpha value is -1.88. The molecular formula is C18H19Cl2N2O2+. The van der Waals surface area contributed by atoms with Crippen molar-refractivity contribution in [2.24, 2.45) is 0 Å². The molecule has 0 saturated carbocycles. The zero-order chi connectivity index (χ0) is 17.7. The van der Waals surface area contributed by atoms with Crippen molar-refractivity contribution in [3.8, 4) is 0 Å². The normalized spacial score (nSPS) is 11.8. The Morgan fingerprint density at radius 2 is 1.79 bits per heavy atom. The van der Waals surface area contributed by atoms with Crippen molar-refractivity contribution in [1.82, 2.24) is 0 Å². The van der Waals surface area contributed by atoms with E-state index < -0.39 is 0 Å². The highest BCUT2D eigenvalue weighted by Gasteiger charge is 2.15. The van der Waals surface area contributed by atoms with Crippen LogP contribution in [0.3, 0.4) is 0 Å². The first-order valence-corrected chi connectivity index (χ1v) is 8.31. The second kappa shape index (κ2) is 8.29. The van der Waals surface area contributed by atoms with Crippen LogP contribution in [0.15, 0.2) is 42.5 Å². The van der Waals surface area contributed by atoms with Crippen molar-refractivity contribution in [2.75, 3.05) is 11.9 Å². The van der Waals surface area contributed by atoms with Gasteiger partial charge in [-0.1, -0.05) is 29.3 Å². The first-order valence-electron chi connectivity index (χ1n) is 7.56. The van der Waals surface area contributed by atoms with E-state index in [1.54, 1.807) is 36.4 Å². The topological polar surface area (TPSA) is 62.8 Å². The van der Waals surface area contributed by atoms with Gasteiger partial charge in [-0.2, -0.15) is 0 Å². The van der Waals surface area contributed by atoms with Crippen LogP contribution in [0.5, 0.6) is 0 Å². The van der Waals surface area contributed by atoms with Crippen molar-refractivity contribution >= 4 is 40.6 Å². The van der Waals surface area contributed by atoms with Crippen LogP contribution in [0.4, 0.5) is 5.69 Å². The summed E-state index contributed by atoms with van der Waals surface area (Å²) in [5, 5.41) is 5.88. The maximum Gasteiger partial charge on any atom is 0.279 e. The highest BCUT2D eigenvalue weighted by Crippen LogP contribution is 2.24. The number of carbonyl (C=O) groups is 2. The lowest BCUT2D eigenvalue weighted by Gasteiger charge is -2.13. The number of ketones is 1. The quantitative estimate of drug-likeness (QED) is 0.769. The number of benzene rings is 2. The SMILES string of the molecule is CC(=O)c1ccc(NC(=O)C[NH2+][C@@H](C)c2ccc(Cl)cc2Cl)cc1. The van der Waals surface area contributed by atoms with Gasteiger partial charge in [0.05, 0.1) is 5.02 Å². The Morgan fingerprint density at radius 3 is 2.38 bits per heavy atom. The third-order valence-corrected chi connectivity index (χ3v) is 4.25. The molecule has 24 heavy (non-hydrogen) atoms. The predicted molar refractivity (Wildman–Crippen MR) is 96.7 cm³/mol. The van der Waals surface area contributed by atoms with Gasteiger partial charge in [0.25, 0.3) is 5.91 Å². The number of amides is 1. The lowest BCUT2D eigenvalue weighted by Crippen LogP contribution is -2.86. The number of hydrogen-bond acceptors (Lipinski definition) is 2. The molecule has 0 aliphatic carbocycles. The molecule has 0 fully saturated rings. The lowest BCUT2D eigenvalue weighted by molar-refractivity contribution is -0.682. The van der Waals surface area contributed by atoms with E-state index in [0.717, 1.165) is 5.56 Å². The van der Waals surface area contributed by atoms with Crippen LogP contribution in [0.25, 0.3) is 0 Å². The maximum atomic E-state index is 12.0. The molecule has 3 N–H and O–H groups in total. The molecule has 0 aliphatic heterocycles. The molecular weight excluding hydrogens is 347 g/mol. The van der Waals surface area contributed by atoms with E-state index >= 15 is 0 Å². The number of anilines is 1. The van der Waals surface area contributed by atoms with Crippen LogP contribution in [0.1, 0.15) is 35.8 Å². The summed E-state index contributed by atoms with van der Waals surface area (Å²) in [6.07, 6.45) is 0. The van der Waals surface area contributed by atoms with Gasteiger partial charge in [-0.05, 0) is 50.2 Å². The highest BCUT2D eigenvalue weighted by molar-refractivity contribution is 6.35. The molecule has 0 bridgehead atoms. The minimum absolute atomic E-state index is 0.00474.